The first kappa shape index (κ1) is 10.9. The van der Waals surface area contributed by atoms with Gasteiger partial charge >= 0.3 is 0 Å². The van der Waals surface area contributed by atoms with Crippen LogP contribution >= 0.6 is 0 Å². The average Bonchev–Trinajstić information content (AvgIpc) is 2.19. The van der Waals surface area contributed by atoms with Crippen LogP contribution in [0.3, 0.4) is 0 Å². The highest BCUT2D eigenvalue weighted by Gasteiger charge is 2.42. The number of hydrogen-bond donors (Lipinski definition) is 0. The maximum Gasteiger partial charge on any atom is 0.222 e. The number of amides is 1. The van der Waals surface area contributed by atoms with Crippen molar-refractivity contribution >= 4 is 5.91 Å². The molecule has 2 saturated heterocycles. The quantitative estimate of drug-likeness (QED) is 0.658. The van der Waals surface area contributed by atoms with Gasteiger partial charge in [0, 0.05) is 32.0 Å². The topological polar surface area (TPSA) is 29.5 Å². The molecule has 0 aromatic rings. The van der Waals surface area contributed by atoms with Gasteiger partial charge in [0.05, 0.1) is 6.61 Å². The number of hydrogen-bond acceptors (Lipinski definition) is 2. The van der Waals surface area contributed by atoms with Crippen molar-refractivity contribution in [2.75, 3.05) is 20.3 Å². The second-order valence-corrected chi connectivity index (χ2v) is 5.23. The molecule has 2 fully saturated rings. The van der Waals surface area contributed by atoms with Crippen LogP contribution < -0.4 is 0 Å². The van der Waals surface area contributed by atoms with E-state index in [0.29, 0.717) is 29.7 Å². The molecule has 1 amide bonds. The third-order valence-electron chi connectivity index (χ3n) is 3.95. The Kier molecular flexibility index (Phi) is 3.01. The number of nitrogens with zero attached hydrogens (tertiary/aromatic N) is 1. The van der Waals surface area contributed by atoms with Gasteiger partial charge < -0.3 is 9.64 Å². The molecule has 3 heteroatoms. The smallest absolute Gasteiger partial charge is 0.222 e. The van der Waals surface area contributed by atoms with Crippen LogP contribution in [0.15, 0.2) is 0 Å². The zero-order valence-corrected chi connectivity index (χ0v) is 9.90. The zero-order valence-electron chi connectivity index (χ0n) is 9.90. The molecular formula is C12H21NO2. The van der Waals surface area contributed by atoms with Gasteiger partial charge in [-0.2, -0.15) is 0 Å². The van der Waals surface area contributed by atoms with Gasteiger partial charge in [-0.25, -0.2) is 0 Å². The lowest BCUT2D eigenvalue weighted by Gasteiger charge is -2.47. The highest BCUT2D eigenvalue weighted by atomic mass is 16.5. The first-order chi connectivity index (χ1) is 7.11. The maximum atomic E-state index is 11.8. The number of carbonyl (C=O) groups excluding carboxylic acids is 1. The molecule has 2 heterocycles. The summed E-state index contributed by atoms with van der Waals surface area (Å²) in [6.07, 6.45) is 1.79. The third kappa shape index (κ3) is 1.89. The SMILES string of the molecule is CC(C)C1C2COCCC2CC(=O)N1C. The molecule has 3 atom stereocenters. The fourth-order valence-electron chi connectivity index (χ4n) is 3.20. The summed E-state index contributed by atoms with van der Waals surface area (Å²) in [6, 6.07) is 0.372. The number of carbonyl (C=O) groups is 1. The summed E-state index contributed by atoms with van der Waals surface area (Å²) in [5.74, 6) is 1.96. The molecule has 0 aliphatic carbocycles. The largest absolute Gasteiger partial charge is 0.381 e. The van der Waals surface area contributed by atoms with E-state index >= 15 is 0 Å². The van der Waals surface area contributed by atoms with Crippen LogP contribution in [0.5, 0.6) is 0 Å². The van der Waals surface area contributed by atoms with E-state index in [4.69, 9.17) is 4.74 Å². The van der Waals surface area contributed by atoms with E-state index in [9.17, 15) is 4.79 Å². The summed E-state index contributed by atoms with van der Waals surface area (Å²) in [5.41, 5.74) is 0. The summed E-state index contributed by atoms with van der Waals surface area (Å²) < 4.78 is 5.56. The molecule has 86 valence electrons. The molecule has 2 aliphatic rings. The molecule has 0 radical (unpaired) electrons. The van der Waals surface area contributed by atoms with Gasteiger partial charge in [0.25, 0.3) is 0 Å². The van der Waals surface area contributed by atoms with E-state index in [1.807, 2.05) is 11.9 Å². The van der Waals surface area contributed by atoms with Crippen LogP contribution in [0, 0.1) is 17.8 Å². The predicted octanol–water partition coefficient (Wildman–Crippen LogP) is 1.53. The number of likely N-dealkylation sites (tertiary alicyclic amines) is 1. The number of ether oxygens (including phenoxy) is 1. The third-order valence-corrected chi connectivity index (χ3v) is 3.95. The molecule has 2 rings (SSSR count). The minimum Gasteiger partial charge on any atom is -0.381 e. The van der Waals surface area contributed by atoms with Crippen molar-refractivity contribution in [3.8, 4) is 0 Å². The second kappa shape index (κ2) is 4.12. The first-order valence-electron chi connectivity index (χ1n) is 5.94. The van der Waals surface area contributed by atoms with Crippen molar-refractivity contribution in [3.05, 3.63) is 0 Å². The molecule has 0 aromatic carbocycles. The summed E-state index contributed by atoms with van der Waals surface area (Å²) in [5, 5.41) is 0. The summed E-state index contributed by atoms with van der Waals surface area (Å²) in [6.45, 7) is 6.07. The minimum absolute atomic E-state index is 0.317. The molecule has 15 heavy (non-hydrogen) atoms. The van der Waals surface area contributed by atoms with E-state index in [1.165, 1.54) is 0 Å². The minimum atomic E-state index is 0.317. The Morgan fingerprint density at radius 2 is 2.20 bits per heavy atom. The molecule has 2 aliphatic heterocycles. The van der Waals surface area contributed by atoms with E-state index < -0.39 is 0 Å². The van der Waals surface area contributed by atoms with Gasteiger partial charge in [-0.1, -0.05) is 13.8 Å². The van der Waals surface area contributed by atoms with Crippen molar-refractivity contribution in [1.82, 2.24) is 4.90 Å². The fourth-order valence-corrected chi connectivity index (χ4v) is 3.20. The number of fused-ring (bicyclic) bond motifs is 1. The fraction of sp³-hybridized carbons (Fsp3) is 0.917. The Hall–Kier alpha value is -0.570. The molecule has 0 N–H and O–H groups in total. The molecule has 0 spiro atoms. The highest BCUT2D eigenvalue weighted by Crippen LogP contribution is 2.37. The van der Waals surface area contributed by atoms with Crippen molar-refractivity contribution in [2.45, 2.75) is 32.7 Å². The maximum absolute atomic E-state index is 11.8. The Balaban J connectivity index is 2.19. The van der Waals surface area contributed by atoms with Gasteiger partial charge in [-0.05, 0) is 18.3 Å². The summed E-state index contributed by atoms with van der Waals surface area (Å²) in [4.78, 5) is 13.8. The molecular weight excluding hydrogens is 190 g/mol. The molecule has 0 bridgehead atoms. The van der Waals surface area contributed by atoms with Crippen molar-refractivity contribution in [2.24, 2.45) is 17.8 Å². The lowest BCUT2D eigenvalue weighted by atomic mass is 9.73. The zero-order chi connectivity index (χ0) is 11.0. The molecule has 3 nitrogen and oxygen atoms in total. The summed E-state index contributed by atoms with van der Waals surface area (Å²) >= 11 is 0. The Labute approximate surface area is 91.8 Å². The molecule has 0 saturated carbocycles. The Morgan fingerprint density at radius 1 is 1.47 bits per heavy atom. The van der Waals surface area contributed by atoms with Gasteiger partial charge in [0.15, 0.2) is 0 Å². The summed E-state index contributed by atoms with van der Waals surface area (Å²) in [7, 11) is 1.94. The number of rotatable bonds is 1. The lowest BCUT2D eigenvalue weighted by Crippen LogP contribution is -2.55. The van der Waals surface area contributed by atoms with Crippen molar-refractivity contribution in [3.63, 3.8) is 0 Å². The van der Waals surface area contributed by atoms with Crippen LogP contribution in [0.2, 0.25) is 0 Å². The van der Waals surface area contributed by atoms with Gasteiger partial charge in [-0.15, -0.1) is 0 Å². The van der Waals surface area contributed by atoms with Gasteiger partial charge in [0.2, 0.25) is 5.91 Å². The monoisotopic (exact) mass is 211 g/mol. The number of piperidine rings is 1. The average molecular weight is 211 g/mol. The van der Waals surface area contributed by atoms with Crippen molar-refractivity contribution < 1.29 is 9.53 Å². The standard InChI is InChI=1S/C12H21NO2/c1-8(2)12-10-7-15-5-4-9(10)6-11(14)13(12)3/h8-10,12H,4-7H2,1-3H3. The van der Waals surface area contributed by atoms with Crippen LogP contribution in [0.4, 0.5) is 0 Å². The Morgan fingerprint density at radius 3 is 2.87 bits per heavy atom. The van der Waals surface area contributed by atoms with E-state index in [2.05, 4.69) is 13.8 Å². The molecule has 0 aromatic heterocycles. The van der Waals surface area contributed by atoms with Crippen LogP contribution in [-0.2, 0) is 9.53 Å². The lowest BCUT2D eigenvalue weighted by molar-refractivity contribution is -0.148. The first-order valence-corrected chi connectivity index (χ1v) is 5.94. The normalized spacial score (nSPS) is 36.9. The van der Waals surface area contributed by atoms with Crippen LogP contribution in [0.1, 0.15) is 26.7 Å². The van der Waals surface area contributed by atoms with E-state index in [-0.39, 0.29) is 0 Å². The molecule has 3 unspecified atom stereocenters. The highest BCUT2D eigenvalue weighted by molar-refractivity contribution is 5.77. The van der Waals surface area contributed by atoms with Crippen LogP contribution in [0.25, 0.3) is 0 Å². The van der Waals surface area contributed by atoms with Gasteiger partial charge in [0.1, 0.15) is 0 Å². The Bertz CT molecular complexity index is 252. The van der Waals surface area contributed by atoms with E-state index in [1.54, 1.807) is 0 Å². The second-order valence-electron chi connectivity index (χ2n) is 5.23. The van der Waals surface area contributed by atoms with Gasteiger partial charge in [-0.3, -0.25) is 4.79 Å². The predicted molar refractivity (Wildman–Crippen MR) is 58.4 cm³/mol. The van der Waals surface area contributed by atoms with Crippen LogP contribution in [-0.4, -0.2) is 37.1 Å². The van der Waals surface area contributed by atoms with Crippen molar-refractivity contribution in [1.29, 1.82) is 0 Å². The van der Waals surface area contributed by atoms with E-state index in [0.717, 1.165) is 26.1 Å².